The van der Waals surface area contributed by atoms with Crippen molar-refractivity contribution in [3.63, 3.8) is 0 Å². The van der Waals surface area contributed by atoms with Gasteiger partial charge in [0.25, 0.3) is 0 Å². The van der Waals surface area contributed by atoms with Crippen molar-refractivity contribution in [2.75, 3.05) is 16.5 Å². The van der Waals surface area contributed by atoms with Crippen molar-refractivity contribution < 1.29 is 9.18 Å². The van der Waals surface area contributed by atoms with Gasteiger partial charge in [-0.05, 0) is 30.7 Å². The fourth-order valence-electron chi connectivity index (χ4n) is 2.63. The fraction of sp³-hybridized carbons (Fsp3) is 0.333. The van der Waals surface area contributed by atoms with E-state index in [1.165, 1.54) is 12.1 Å². The normalized spacial score (nSPS) is 17.5. The number of nitrogens with two attached hydrogens (primary N) is 1. The van der Waals surface area contributed by atoms with Crippen LogP contribution in [-0.4, -0.2) is 22.8 Å². The molecule has 0 spiro atoms. The third kappa shape index (κ3) is 2.43. The second-order valence-electron chi connectivity index (χ2n) is 5.28. The Morgan fingerprint density at radius 3 is 2.86 bits per heavy atom. The summed E-state index contributed by atoms with van der Waals surface area (Å²) in [5.74, 6) is 0.341. The molecule has 1 aliphatic rings. The van der Waals surface area contributed by atoms with Gasteiger partial charge in [0, 0.05) is 12.1 Å². The number of carbonyl (C=O) groups is 1. The van der Waals surface area contributed by atoms with Gasteiger partial charge in [-0.15, -0.1) is 0 Å². The van der Waals surface area contributed by atoms with E-state index < -0.39 is 6.17 Å². The number of aromatic amines is 1. The molecule has 3 N–H and O–H groups in total. The molecule has 0 saturated heterocycles. The summed E-state index contributed by atoms with van der Waals surface area (Å²) in [4.78, 5) is 15.8. The van der Waals surface area contributed by atoms with Crippen molar-refractivity contribution in [3.05, 3.63) is 41.8 Å². The van der Waals surface area contributed by atoms with Crippen LogP contribution in [0.1, 0.15) is 31.5 Å². The summed E-state index contributed by atoms with van der Waals surface area (Å²) in [5.41, 5.74) is 7.78. The number of hydrogen-bond donors (Lipinski definition) is 2. The number of fused-ring (bicyclic) bond motifs is 1. The van der Waals surface area contributed by atoms with E-state index in [4.69, 9.17) is 5.73 Å². The minimum Gasteiger partial charge on any atom is -0.334 e. The molecule has 2 heterocycles. The van der Waals surface area contributed by atoms with Crippen LogP contribution in [0.2, 0.25) is 0 Å². The first kappa shape index (κ1) is 14.5. The molecule has 7 heteroatoms. The van der Waals surface area contributed by atoms with E-state index in [2.05, 4.69) is 10.2 Å². The number of amides is 1. The van der Waals surface area contributed by atoms with E-state index in [1.54, 1.807) is 23.2 Å². The van der Waals surface area contributed by atoms with Crippen LogP contribution in [-0.2, 0) is 4.79 Å². The highest BCUT2D eigenvalue weighted by atomic mass is 19.1. The number of carbonyl (C=O) groups excluding carboxylic acids is 1. The van der Waals surface area contributed by atoms with Gasteiger partial charge >= 0.3 is 0 Å². The molecule has 1 unspecified atom stereocenters. The Morgan fingerprint density at radius 1 is 1.45 bits per heavy atom. The van der Waals surface area contributed by atoms with Crippen LogP contribution in [0.15, 0.2) is 30.5 Å². The number of nitrogens with zero attached hydrogens (tertiary/aromatic N) is 3. The molecule has 1 aromatic heterocycles. The predicted octanol–water partition coefficient (Wildman–Crippen LogP) is 2.12. The van der Waals surface area contributed by atoms with E-state index in [-0.39, 0.29) is 11.7 Å². The number of hydrogen-bond acceptors (Lipinski definition) is 4. The maximum absolute atomic E-state index is 13.1. The smallest absolute Gasteiger partial charge is 0.229 e. The van der Waals surface area contributed by atoms with Crippen molar-refractivity contribution in [2.45, 2.75) is 25.9 Å². The van der Waals surface area contributed by atoms with Gasteiger partial charge in [0.15, 0.2) is 0 Å². The molecule has 1 aliphatic heterocycles. The number of nitrogens with one attached hydrogen (secondary N) is 1. The van der Waals surface area contributed by atoms with Gasteiger partial charge in [-0.2, -0.15) is 5.10 Å². The highest BCUT2D eigenvalue weighted by molar-refractivity contribution is 5.94. The molecular weight excluding hydrogens is 285 g/mol. The highest BCUT2D eigenvalue weighted by Crippen LogP contribution is 2.34. The van der Waals surface area contributed by atoms with Gasteiger partial charge in [0.05, 0.1) is 11.8 Å². The van der Waals surface area contributed by atoms with E-state index >= 15 is 0 Å². The molecule has 2 aromatic rings. The molecule has 0 aliphatic carbocycles. The van der Waals surface area contributed by atoms with Crippen molar-refractivity contribution >= 4 is 17.4 Å². The third-order valence-corrected chi connectivity index (χ3v) is 3.79. The van der Waals surface area contributed by atoms with E-state index in [0.717, 1.165) is 17.7 Å². The maximum Gasteiger partial charge on any atom is 0.229 e. The Balaban J connectivity index is 1.97. The van der Waals surface area contributed by atoms with Crippen LogP contribution in [0.4, 0.5) is 15.9 Å². The van der Waals surface area contributed by atoms with E-state index in [0.29, 0.717) is 18.9 Å². The zero-order valence-corrected chi connectivity index (χ0v) is 12.3. The highest BCUT2D eigenvalue weighted by Gasteiger charge is 2.33. The predicted molar refractivity (Wildman–Crippen MR) is 81.7 cm³/mol. The first-order valence-electron chi connectivity index (χ1n) is 7.23. The molecule has 0 bridgehead atoms. The van der Waals surface area contributed by atoms with Gasteiger partial charge in [0.1, 0.15) is 24.5 Å². The second kappa shape index (κ2) is 5.76. The quantitative estimate of drug-likeness (QED) is 0.910. The van der Waals surface area contributed by atoms with Gasteiger partial charge < -0.3 is 10.6 Å². The van der Waals surface area contributed by atoms with Crippen LogP contribution in [0.3, 0.4) is 0 Å². The third-order valence-electron chi connectivity index (χ3n) is 3.79. The summed E-state index contributed by atoms with van der Waals surface area (Å²) >= 11 is 0. The Morgan fingerprint density at radius 2 is 2.18 bits per heavy atom. The molecular formula is C15H18FN5O. The number of aromatic nitrogens is 2. The molecule has 0 saturated carbocycles. The first-order valence-corrected chi connectivity index (χ1v) is 7.23. The van der Waals surface area contributed by atoms with Gasteiger partial charge in [-0.25, -0.2) is 4.39 Å². The van der Waals surface area contributed by atoms with E-state index in [1.807, 2.05) is 11.8 Å². The number of rotatable bonds is 3. The zero-order chi connectivity index (χ0) is 15.7. The summed E-state index contributed by atoms with van der Waals surface area (Å²) in [6.45, 7) is 2.26. The summed E-state index contributed by atoms with van der Waals surface area (Å²) < 4.78 is 13.1. The number of anilines is 2. The van der Waals surface area contributed by atoms with Crippen LogP contribution in [0, 0.1) is 5.82 Å². The lowest BCUT2D eigenvalue weighted by Gasteiger charge is -2.40. The first-order chi connectivity index (χ1) is 10.6. The van der Waals surface area contributed by atoms with Crippen molar-refractivity contribution in [2.24, 2.45) is 5.73 Å². The summed E-state index contributed by atoms with van der Waals surface area (Å²) in [7, 11) is 0. The van der Waals surface area contributed by atoms with Gasteiger partial charge in [0.2, 0.25) is 5.91 Å². The van der Waals surface area contributed by atoms with Crippen molar-refractivity contribution in [3.8, 4) is 0 Å². The molecule has 0 fully saturated rings. The molecule has 116 valence electrons. The zero-order valence-electron chi connectivity index (χ0n) is 12.3. The second-order valence-corrected chi connectivity index (χ2v) is 5.28. The Bertz CT molecular complexity index is 669. The summed E-state index contributed by atoms with van der Waals surface area (Å²) in [6.07, 6.45) is 2.40. The SMILES string of the molecule is CCCC(=O)N1CN(c2ccc(F)cc2)C(N)c2cn[nH]c21. The average molecular weight is 303 g/mol. The van der Waals surface area contributed by atoms with Crippen LogP contribution >= 0.6 is 0 Å². The molecule has 1 amide bonds. The lowest BCUT2D eigenvalue weighted by molar-refractivity contribution is -0.118. The molecule has 22 heavy (non-hydrogen) atoms. The molecule has 3 rings (SSSR count). The Hall–Kier alpha value is -2.41. The van der Waals surface area contributed by atoms with Crippen LogP contribution < -0.4 is 15.5 Å². The monoisotopic (exact) mass is 303 g/mol. The van der Waals surface area contributed by atoms with Crippen LogP contribution in [0.5, 0.6) is 0 Å². The average Bonchev–Trinajstić information content (AvgIpc) is 2.99. The number of halogens is 1. The standard InChI is InChI=1S/C15H18FN5O/c1-2-3-13(22)21-9-20(11-6-4-10(16)5-7-11)14(17)12-8-18-19-15(12)21/h4-8,14H,2-3,9,17H2,1H3,(H,18,19). The van der Waals surface area contributed by atoms with Crippen LogP contribution in [0.25, 0.3) is 0 Å². The Labute approximate surface area is 127 Å². The number of benzene rings is 1. The Kier molecular flexibility index (Phi) is 3.81. The minimum absolute atomic E-state index is 0.00649. The van der Waals surface area contributed by atoms with Crippen molar-refractivity contribution in [1.29, 1.82) is 0 Å². The largest absolute Gasteiger partial charge is 0.334 e. The molecule has 1 aromatic carbocycles. The summed E-state index contributed by atoms with van der Waals surface area (Å²) in [6, 6.07) is 6.07. The van der Waals surface area contributed by atoms with Crippen molar-refractivity contribution in [1.82, 2.24) is 10.2 Å². The molecule has 6 nitrogen and oxygen atoms in total. The molecule has 1 atom stereocenters. The minimum atomic E-state index is -0.440. The van der Waals surface area contributed by atoms with Gasteiger partial charge in [-0.1, -0.05) is 6.92 Å². The lowest BCUT2D eigenvalue weighted by atomic mass is 10.1. The summed E-state index contributed by atoms with van der Waals surface area (Å²) in [5, 5.41) is 6.85. The lowest BCUT2D eigenvalue weighted by Crippen LogP contribution is -2.50. The molecule has 0 radical (unpaired) electrons. The fourth-order valence-corrected chi connectivity index (χ4v) is 2.63. The maximum atomic E-state index is 13.1. The number of H-pyrrole nitrogens is 1. The van der Waals surface area contributed by atoms with E-state index in [9.17, 15) is 9.18 Å². The topological polar surface area (TPSA) is 78.2 Å². The van der Waals surface area contributed by atoms with Gasteiger partial charge in [-0.3, -0.25) is 14.8 Å².